The van der Waals surface area contributed by atoms with Crippen molar-refractivity contribution in [2.24, 2.45) is 0 Å². The van der Waals surface area contributed by atoms with Crippen LogP contribution < -0.4 is 5.32 Å². The fourth-order valence-corrected chi connectivity index (χ4v) is 2.37. The Morgan fingerprint density at radius 2 is 2.09 bits per heavy atom. The maximum atomic E-state index is 12.6. The molecule has 0 saturated carbocycles. The van der Waals surface area contributed by atoms with Gasteiger partial charge in [-0.2, -0.15) is 13.2 Å². The largest absolute Gasteiger partial charge is 0.453 e. The Balaban J connectivity index is 2.10. The number of ether oxygens (including phenoxy) is 1. The number of methoxy groups -OCH3 is 1. The molecule has 0 aromatic heterocycles. The van der Waals surface area contributed by atoms with Crippen LogP contribution in [0.1, 0.15) is 18.4 Å². The lowest BCUT2D eigenvalue weighted by molar-refractivity contribution is -0.137. The van der Waals surface area contributed by atoms with E-state index in [1.807, 2.05) is 0 Å². The molecule has 1 atom stereocenters. The lowest BCUT2D eigenvalue weighted by Gasteiger charge is -2.22. The molecule has 1 aromatic carbocycles. The lowest BCUT2D eigenvalue weighted by Crippen LogP contribution is -2.43. The van der Waals surface area contributed by atoms with Crippen LogP contribution in [0.4, 0.5) is 23.7 Å². The normalized spacial score (nSPS) is 18.2. The Labute approximate surface area is 125 Å². The van der Waals surface area contributed by atoms with Gasteiger partial charge in [-0.15, -0.1) is 0 Å². The monoisotopic (exact) mass is 316 g/mol. The molecular weight excluding hydrogens is 301 g/mol. The molecule has 5 nitrogen and oxygen atoms in total. The molecule has 1 saturated heterocycles. The van der Waals surface area contributed by atoms with Gasteiger partial charge in [0.15, 0.2) is 0 Å². The van der Waals surface area contributed by atoms with Gasteiger partial charge in [0, 0.05) is 12.2 Å². The van der Waals surface area contributed by atoms with Gasteiger partial charge in [-0.1, -0.05) is 6.07 Å². The number of nitrogens with one attached hydrogen (secondary N) is 1. The summed E-state index contributed by atoms with van der Waals surface area (Å²) >= 11 is 0. The van der Waals surface area contributed by atoms with Crippen molar-refractivity contribution in [2.45, 2.75) is 25.1 Å². The number of halogens is 3. The van der Waals surface area contributed by atoms with Crippen LogP contribution in [0, 0.1) is 0 Å². The Morgan fingerprint density at radius 1 is 1.36 bits per heavy atom. The second-order valence-corrected chi connectivity index (χ2v) is 4.89. The third kappa shape index (κ3) is 3.49. The van der Waals surface area contributed by atoms with Crippen molar-refractivity contribution in [1.29, 1.82) is 0 Å². The molecule has 22 heavy (non-hydrogen) atoms. The number of hydrogen-bond acceptors (Lipinski definition) is 3. The average molecular weight is 316 g/mol. The van der Waals surface area contributed by atoms with Gasteiger partial charge in [0.1, 0.15) is 6.04 Å². The van der Waals surface area contributed by atoms with Gasteiger partial charge in [-0.3, -0.25) is 9.69 Å². The summed E-state index contributed by atoms with van der Waals surface area (Å²) in [5.74, 6) is -0.526. The number of carbonyl (C=O) groups excluding carboxylic acids is 2. The molecule has 1 fully saturated rings. The second kappa shape index (κ2) is 6.25. The van der Waals surface area contributed by atoms with E-state index in [1.54, 1.807) is 0 Å². The molecule has 2 amide bonds. The minimum absolute atomic E-state index is 0.0385. The van der Waals surface area contributed by atoms with E-state index >= 15 is 0 Å². The van der Waals surface area contributed by atoms with E-state index in [4.69, 9.17) is 0 Å². The molecule has 0 spiro atoms. The Bertz CT molecular complexity index is 575. The van der Waals surface area contributed by atoms with Crippen LogP contribution >= 0.6 is 0 Å². The van der Waals surface area contributed by atoms with Crippen molar-refractivity contribution < 1.29 is 27.5 Å². The summed E-state index contributed by atoms with van der Waals surface area (Å²) < 4.78 is 42.5. The van der Waals surface area contributed by atoms with Crippen LogP contribution in [-0.4, -0.2) is 36.6 Å². The van der Waals surface area contributed by atoms with E-state index in [1.165, 1.54) is 24.1 Å². The quantitative estimate of drug-likeness (QED) is 0.913. The highest BCUT2D eigenvalue weighted by atomic mass is 19.4. The predicted molar refractivity (Wildman–Crippen MR) is 72.2 cm³/mol. The fraction of sp³-hybridized carbons (Fsp3) is 0.429. The zero-order chi connectivity index (χ0) is 16.3. The molecule has 120 valence electrons. The number of amides is 2. The standard InChI is InChI=1S/C14H15F3N2O3/c1-22-13(21)19-7-3-6-11(19)12(20)18-10-5-2-4-9(8-10)14(15,16)17/h2,4-5,8,11H,3,6-7H2,1H3,(H,18,20). The number of likely N-dealkylation sites (tertiary alicyclic amines) is 1. The van der Waals surface area contributed by atoms with Crippen LogP contribution in [0.15, 0.2) is 24.3 Å². The molecule has 2 rings (SSSR count). The molecule has 0 bridgehead atoms. The molecule has 8 heteroatoms. The van der Waals surface area contributed by atoms with Gasteiger partial charge in [-0.25, -0.2) is 4.79 Å². The first-order valence-corrected chi connectivity index (χ1v) is 6.65. The van der Waals surface area contributed by atoms with E-state index in [9.17, 15) is 22.8 Å². The maximum Gasteiger partial charge on any atom is 0.416 e. The van der Waals surface area contributed by atoms with Gasteiger partial charge in [-0.05, 0) is 31.0 Å². The number of rotatable bonds is 2. The predicted octanol–water partition coefficient (Wildman–Crippen LogP) is 2.87. The van der Waals surface area contributed by atoms with Gasteiger partial charge < -0.3 is 10.1 Å². The first-order chi connectivity index (χ1) is 10.3. The first-order valence-electron chi connectivity index (χ1n) is 6.65. The summed E-state index contributed by atoms with van der Waals surface area (Å²) in [5, 5.41) is 2.42. The number of hydrogen-bond donors (Lipinski definition) is 1. The molecule has 1 unspecified atom stereocenters. The molecule has 0 aliphatic carbocycles. The van der Waals surface area contributed by atoms with Crippen LogP contribution in [0.3, 0.4) is 0 Å². The van der Waals surface area contributed by atoms with Crippen LogP contribution in [0.25, 0.3) is 0 Å². The zero-order valence-corrected chi connectivity index (χ0v) is 11.8. The lowest BCUT2D eigenvalue weighted by atomic mass is 10.1. The molecule has 1 N–H and O–H groups in total. The third-order valence-corrected chi connectivity index (χ3v) is 3.42. The van der Waals surface area contributed by atoms with Crippen molar-refractivity contribution in [1.82, 2.24) is 4.90 Å². The smallest absolute Gasteiger partial charge is 0.416 e. The van der Waals surface area contributed by atoms with Gasteiger partial charge in [0.25, 0.3) is 0 Å². The molecule has 1 aliphatic heterocycles. The number of anilines is 1. The van der Waals surface area contributed by atoms with Crippen molar-refractivity contribution >= 4 is 17.7 Å². The minimum atomic E-state index is -4.48. The maximum absolute atomic E-state index is 12.6. The van der Waals surface area contributed by atoms with Crippen molar-refractivity contribution in [2.75, 3.05) is 19.0 Å². The molecular formula is C14H15F3N2O3. The number of nitrogens with zero attached hydrogens (tertiary/aromatic N) is 1. The van der Waals surface area contributed by atoms with E-state index < -0.39 is 29.8 Å². The van der Waals surface area contributed by atoms with E-state index in [0.717, 1.165) is 12.1 Å². The van der Waals surface area contributed by atoms with E-state index in [-0.39, 0.29) is 5.69 Å². The third-order valence-electron chi connectivity index (χ3n) is 3.42. The number of alkyl halides is 3. The fourth-order valence-electron chi connectivity index (χ4n) is 2.37. The number of benzene rings is 1. The second-order valence-electron chi connectivity index (χ2n) is 4.89. The van der Waals surface area contributed by atoms with Gasteiger partial charge in [0.05, 0.1) is 12.7 Å². The average Bonchev–Trinajstić information content (AvgIpc) is 2.95. The Kier molecular flexibility index (Phi) is 4.58. The van der Waals surface area contributed by atoms with Gasteiger partial charge in [0.2, 0.25) is 5.91 Å². The molecule has 0 radical (unpaired) electrons. The van der Waals surface area contributed by atoms with Crippen LogP contribution in [0.2, 0.25) is 0 Å². The topological polar surface area (TPSA) is 58.6 Å². The summed E-state index contributed by atoms with van der Waals surface area (Å²) in [4.78, 5) is 25.0. The van der Waals surface area contributed by atoms with Crippen LogP contribution in [-0.2, 0) is 15.7 Å². The van der Waals surface area contributed by atoms with Crippen molar-refractivity contribution in [3.8, 4) is 0 Å². The molecule has 1 heterocycles. The highest BCUT2D eigenvalue weighted by molar-refractivity contribution is 5.96. The Morgan fingerprint density at radius 3 is 2.73 bits per heavy atom. The Hall–Kier alpha value is -2.25. The summed E-state index contributed by atoms with van der Waals surface area (Å²) in [6, 6.07) is 3.62. The van der Waals surface area contributed by atoms with E-state index in [0.29, 0.717) is 19.4 Å². The molecule has 1 aliphatic rings. The molecule has 1 aromatic rings. The van der Waals surface area contributed by atoms with Gasteiger partial charge >= 0.3 is 12.3 Å². The summed E-state index contributed by atoms with van der Waals surface area (Å²) in [5.41, 5.74) is -0.807. The van der Waals surface area contributed by atoms with Crippen molar-refractivity contribution in [3.05, 3.63) is 29.8 Å². The SMILES string of the molecule is COC(=O)N1CCCC1C(=O)Nc1cccc(C(F)(F)F)c1. The highest BCUT2D eigenvalue weighted by Gasteiger charge is 2.35. The summed E-state index contributed by atoms with van der Waals surface area (Å²) in [6.45, 7) is 0.382. The summed E-state index contributed by atoms with van der Waals surface area (Å²) in [6.07, 6.45) is -4.02. The van der Waals surface area contributed by atoms with E-state index in [2.05, 4.69) is 10.1 Å². The number of carbonyl (C=O) groups is 2. The van der Waals surface area contributed by atoms with Crippen LogP contribution in [0.5, 0.6) is 0 Å². The highest BCUT2D eigenvalue weighted by Crippen LogP contribution is 2.31. The first kappa shape index (κ1) is 16.1. The van der Waals surface area contributed by atoms with Crippen molar-refractivity contribution in [3.63, 3.8) is 0 Å². The summed E-state index contributed by atoms with van der Waals surface area (Å²) in [7, 11) is 1.21. The zero-order valence-electron chi connectivity index (χ0n) is 11.8. The minimum Gasteiger partial charge on any atom is -0.453 e.